The second-order valence-electron chi connectivity index (χ2n) is 4.28. The van der Waals surface area contributed by atoms with Gasteiger partial charge in [-0.1, -0.05) is 0 Å². The van der Waals surface area contributed by atoms with Crippen molar-refractivity contribution in [1.82, 2.24) is 10.6 Å². The Morgan fingerprint density at radius 2 is 1.76 bits per heavy atom. The fourth-order valence-electron chi connectivity index (χ4n) is 1.72. The van der Waals surface area contributed by atoms with Crippen molar-refractivity contribution in [2.75, 3.05) is 34.9 Å². The lowest BCUT2D eigenvalue weighted by Gasteiger charge is -2.16. The highest BCUT2D eigenvalue weighted by Gasteiger charge is 2.20. The van der Waals surface area contributed by atoms with Crippen molar-refractivity contribution in [2.24, 2.45) is 0 Å². The summed E-state index contributed by atoms with van der Waals surface area (Å²) in [6, 6.07) is 3.52. The van der Waals surface area contributed by atoms with Gasteiger partial charge in [0.2, 0.25) is 5.75 Å². The molecule has 120 valence electrons. The number of likely N-dealkylation sites (N-methyl/N-ethyl adjacent to an activating group) is 1. The van der Waals surface area contributed by atoms with E-state index in [9.17, 15) is 4.79 Å². The van der Waals surface area contributed by atoms with E-state index in [2.05, 4.69) is 10.6 Å². The summed E-state index contributed by atoms with van der Waals surface area (Å²) in [5.74, 6) is 1.07. The van der Waals surface area contributed by atoms with Crippen LogP contribution in [0.1, 0.15) is 17.3 Å². The highest BCUT2D eigenvalue weighted by Crippen LogP contribution is 2.39. The van der Waals surface area contributed by atoms with Gasteiger partial charge in [-0.15, -0.1) is 12.4 Å². The number of benzene rings is 1. The Bertz CT molecular complexity index is 469. The number of halogens is 1. The summed E-state index contributed by atoms with van der Waals surface area (Å²) in [6.45, 7) is 2.50. The van der Waals surface area contributed by atoms with E-state index in [4.69, 9.17) is 14.2 Å². The minimum Gasteiger partial charge on any atom is -0.493 e. The van der Waals surface area contributed by atoms with Crippen molar-refractivity contribution < 1.29 is 19.0 Å². The van der Waals surface area contributed by atoms with Gasteiger partial charge in [0.25, 0.3) is 5.91 Å². The van der Waals surface area contributed by atoms with Gasteiger partial charge in [0.1, 0.15) is 0 Å². The number of rotatable bonds is 7. The van der Waals surface area contributed by atoms with Crippen LogP contribution in [0.2, 0.25) is 0 Å². The zero-order valence-electron chi connectivity index (χ0n) is 13.0. The Morgan fingerprint density at radius 1 is 1.14 bits per heavy atom. The number of carbonyl (C=O) groups is 1. The number of ether oxygens (including phenoxy) is 3. The molecule has 0 radical (unpaired) electrons. The van der Waals surface area contributed by atoms with Gasteiger partial charge in [0.05, 0.1) is 26.9 Å². The van der Waals surface area contributed by atoms with Gasteiger partial charge in [0, 0.05) is 12.6 Å². The smallest absolute Gasteiger partial charge is 0.255 e. The highest BCUT2D eigenvalue weighted by molar-refractivity contribution is 5.98. The van der Waals surface area contributed by atoms with Gasteiger partial charge in [-0.2, -0.15) is 0 Å². The van der Waals surface area contributed by atoms with Gasteiger partial charge in [-0.25, -0.2) is 0 Å². The van der Waals surface area contributed by atoms with E-state index < -0.39 is 0 Å². The molecule has 0 aliphatic rings. The van der Waals surface area contributed by atoms with Crippen LogP contribution < -0.4 is 24.8 Å². The summed E-state index contributed by atoms with van der Waals surface area (Å²) in [7, 11) is 6.37. The van der Waals surface area contributed by atoms with Gasteiger partial charge in [0.15, 0.2) is 11.5 Å². The van der Waals surface area contributed by atoms with Gasteiger partial charge in [-0.3, -0.25) is 4.79 Å². The molecule has 1 atom stereocenters. The molecule has 0 aliphatic carbocycles. The number of nitrogens with one attached hydrogen (secondary N) is 2. The Balaban J connectivity index is 0.00000400. The summed E-state index contributed by atoms with van der Waals surface area (Å²) in [5.41, 5.74) is 0.411. The molecule has 6 nitrogen and oxygen atoms in total. The molecule has 0 saturated heterocycles. The van der Waals surface area contributed by atoms with Crippen molar-refractivity contribution in [2.45, 2.75) is 13.0 Å². The number of hydrogen-bond donors (Lipinski definition) is 2. The first-order valence-corrected chi connectivity index (χ1v) is 6.33. The van der Waals surface area contributed by atoms with Crippen LogP contribution >= 0.6 is 12.4 Å². The van der Waals surface area contributed by atoms with Crippen LogP contribution in [0.3, 0.4) is 0 Å². The van der Waals surface area contributed by atoms with Gasteiger partial charge in [-0.05, 0) is 26.1 Å². The molecule has 1 amide bonds. The first-order chi connectivity index (χ1) is 9.58. The molecule has 1 aromatic rings. The molecule has 7 heteroatoms. The maximum Gasteiger partial charge on any atom is 0.255 e. The third kappa shape index (κ3) is 4.68. The predicted octanol–water partition coefficient (Wildman–Crippen LogP) is 1.47. The van der Waals surface area contributed by atoms with Crippen molar-refractivity contribution in [3.63, 3.8) is 0 Å². The SMILES string of the molecule is CNC(C)CNC(=O)c1ccc(OC)c(OC)c1OC.Cl. The molecule has 0 aromatic heterocycles. The van der Waals surface area contributed by atoms with Gasteiger partial charge < -0.3 is 24.8 Å². The minimum absolute atomic E-state index is 0. The van der Waals surface area contributed by atoms with Crippen LogP contribution in [0.4, 0.5) is 0 Å². The minimum atomic E-state index is -0.218. The average Bonchev–Trinajstić information content (AvgIpc) is 2.50. The lowest BCUT2D eigenvalue weighted by molar-refractivity contribution is 0.0946. The molecular formula is C14H23ClN2O4. The zero-order valence-corrected chi connectivity index (χ0v) is 13.8. The second kappa shape index (κ2) is 9.31. The van der Waals surface area contributed by atoms with E-state index in [1.807, 2.05) is 14.0 Å². The van der Waals surface area contributed by atoms with E-state index in [0.717, 1.165) is 0 Å². The summed E-state index contributed by atoms with van der Waals surface area (Å²) in [5, 5.41) is 5.89. The number of amides is 1. The molecule has 2 N–H and O–H groups in total. The van der Waals surface area contributed by atoms with Crippen LogP contribution in [-0.4, -0.2) is 46.9 Å². The maximum atomic E-state index is 12.2. The predicted molar refractivity (Wildman–Crippen MR) is 84.2 cm³/mol. The van der Waals surface area contributed by atoms with Crippen LogP contribution in [0, 0.1) is 0 Å². The standard InChI is InChI=1S/C14H22N2O4.ClH/c1-9(15-2)8-16-14(17)10-6-7-11(18-3)13(20-5)12(10)19-4;/h6-7,9,15H,8H2,1-5H3,(H,16,17);1H. The average molecular weight is 319 g/mol. The molecule has 0 spiro atoms. The quantitative estimate of drug-likeness (QED) is 0.797. The van der Waals surface area contributed by atoms with Crippen molar-refractivity contribution >= 4 is 18.3 Å². The third-order valence-electron chi connectivity index (χ3n) is 3.01. The summed E-state index contributed by atoms with van der Waals surface area (Å²) in [4.78, 5) is 12.2. The molecule has 0 heterocycles. The monoisotopic (exact) mass is 318 g/mol. The lowest BCUT2D eigenvalue weighted by Crippen LogP contribution is -2.37. The molecule has 1 aromatic carbocycles. The van der Waals surface area contributed by atoms with Crippen LogP contribution in [-0.2, 0) is 0 Å². The van der Waals surface area contributed by atoms with Crippen molar-refractivity contribution in [3.8, 4) is 17.2 Å². The zero-order chi connectivity index (χ0) is 15.1. The fourth-order valence-corrected chi connectivity index (χ4v) is 1.72. The topological polar surface area (TPSA) is 68.8 Å². The van der Waals surface area contributed by atoms with Crippen LogP contribution in [0.25, 0.3) is 0 Å². The molecule has 1 rings (SSSR count). The molecule has 0 bridgehead atoms. The van der Waals surface area contributed by atoms with Crippen molar-refractivity contribution in [1.29, 1.82) is 0 Å². The molecule has 0 saturated carbocycles. The van der Waals surface area contributed by atoms with E-state index in [-0.39, 0.29) is 24.4 Å². The maximum absolute atomic E-state index is 12.2. The van der Waals surface area contributed by atoms with E-state index >= 15 is 0 Å². The Hall–Kier alpha value is -1.66. The second-order valence-corrected chi connectivity index (χ2v) is 4.28. The Labute approximate surface area is 131 Å². The summed E-state index contributed by atoms with van der Waals surface area (Å²) >= 11 is 0. The Kier molecular flexibility index (Phi) is 8.57. The fraction of sp³-hybridized carbons (Fsp3) is 0.500. The highest BCUT2D eigenvalue weighted by atomic mass is 35.5. The number of carbonyl (C=O) groups excluding carboxylic acids is 1. The molecule has 0 fully saturated rings. The number of methoxy groups -OCH3 is 3. The number of hydrogen-bond acceptors (Lipinski definition) is 5. The van der Waals surface area contributed by atoms with E-state index in [0.29, 0.717) is 29.4 Å². The first-order valence-electron chi connectivity index (χ1n) is 6.33. The third-order valence-corrected chi connectivity index (χ3v) is 3.01. The molecular weight excluding hydrogens is 296 g/mol. The lowest BCUT2D eigenvalue weighted by atomic mass is 10.1. The van der Waals surface area contributed by atoms with Crippen LogP contribution in [0.5, 0.6) is 17.2 Å². The van der Waals surface area contributed by atoms with Crippen molar-refractivity contribution in [3.05, 3.63) is 17.7 Å². The van der Waals surface area contributed by atoms with Crippen LogP contribution in [0.15, 0.2) is 12.1 Å². The van der Waals surface area contributed by atoms with E-state index in [1.165, 1.54) is 21.3 Å². The molecule has 21 heavy (non-hydrogen) atoms. The summed E-state index contributed by atoms with van der Waals surface area (Å²) in [6.07, 6.45) is 0. The Morgan fingerprint density at radius 3 is 2.24 bits per heavy atom. The van der Waals surface area contributed by atoms with E-state index in [1.54, 1.807) is 12.1 Å². The molecule has 0 aliphatic heterocycles. The normalized spacial score (nSPS) is 11.1. The summed E-state index contributed by atoms with van der Waals surface area (Å²) < 4.78 is 15.7. The largest absolute Gasteiger partial charge is 0.493 e. The molecule has 1 unspecified atom stereocenters. The first kappa shape index (κ1) is 19.3. The van der Waals surface area contributed by atoms with Gasteiger partial charge >= 0.3 is 0 Å².